The predicted octanol–water partition coefficient (Wildman–Crippen LogP) is 4.20. The van der Waals surface area contributed by atoms with Crippen molar-refractivity contribution in [1.29, 1.82) is 0 Å². The molecule has 2 atom stereocenters. The molecule has 2 rings (SSSR count). The Kier molecular flexibility index (Phi) is 8.07. The second-order valence-electron chi connectivity index (χ2n) is 7.13. The molecule has 1 fully saturated rings. The summed E-state index contributed by atoms with van der Waals surface area (Å²) in [5, 5.41) is 16.9. The van der Waals surface area contributed by atoms with Crippen LogP contribution in [-0.4, -0.2) is 36.7 Å². The molecule has 6 nitrogen and oxygen atoms in total. The van der Waals surface area contributed by atoms with Gasteiger partial charge in [-0.25, -0.2) is 0 Å². The minimum Gasteiger partial charge on any atom is -0.356 e. The number of guanidine groups is 1. The molecule has 0 saturated heterocycles. The molecule has 2 N–H and O–H groups in total. The van der Waals surface area contributed by atoms with E-state index in [0.29, 0.717) is 25.3 Å². The van der Waals surface area contributed by atoms with Crippen LogP contribution in [0.2, 0.25) is 0 Å². The second-order valence-corrected chi connectivity index (χ2v) is 7.13. The third kappa shape index (κ3) is 7.01. The number of halogens is 3. The summed E-state index contributed by atoms with van der Waals surface area (Å²) >= 11 is 0. The summed E-state index contributed by atoms with van der Waals surface area (Å²) in [7, 11) is 1.61. The molecule has 1 aliphatic carbocycles. The maximum absolute atomic E-state index is 12.9. The molecule has 2 unspecified atom stereocenters. The van der Waals surface area contributed by atoms with Crippen molar-refractivity contribution >= 4 is 11.6 Å². The molecule has 0 radical (unpaired) electrons. The summed E-state index contributed by atoms with van der Waals surface area (Å²) in [5.41, 5.74) is 1.12. The average molecular weight is 400 g/mol. The van der Waals surface area contributed by atoms with Gasteiger partial charge in [0.05, 0.1) is 10.8 Å². The molecule has 0 spiro atoms. The van der Waals surface area contributed by atoms with Gasteiger partial charge in [0, 0.05) is 31.8 Å². The lowest BCUT2D eigenvalue weighted by Gasteiger charge is -2.31. The summed E-state index contributed by atoms with van der Waals surface area (Å²) in [6.45, 7) is 0.655. The van der Waals surface area contributed by atoms with Crippen LogP contribution in [0.3, 0.4) is 0 Å². The van der Waals surface area contributed by atoms with E-state index in [1.54, 1.807) is 19.2 Å². The number of nitrogens with one attached hydrogen (secondary N) is 2. The summed E-state index contributed by atoms with van der Waals surface area (Å²) in [6.07, 6.45) is -0.00608. The number of rotatable bonds is 7. The predicted molar refractivity (Wildman–Crippen MR) is 102 cm³/mol. The number of nitro benzene ring substituents is 1. The molecule has 0 heterocycles. The number of unbranched alkanes of at least 4 members (excludes halogenated alkanes) is 1. The zero-order valence-electron chi connectivity index (χ0n) is 16.0. The first-order valence-corrected chi connectivity index (χ1v) is 9.57. The Hall–Kier alpha value is -2.32. The molecule has 1 aromatic rings. The molecular weight excluding hydrogens is 373 g/mol. The van der Waals surface area contributed by atoms with Gasteiger partial charge in [0.25, 0.3) is 5.69 Å². The summed E-state index contributed by atoms with van der Waals surface area (Å²) in [5.74, 6) is -0.707. The first-order chi connectivity index (χ1) is 13.3. The number of aliphatic imine (C=N–C) groups is 1. The van der Waals surface area contributed by atoms with Gasteiger partial charge in [-0.2, -0.15) is 13.2 Å². The molecule has 0 aromatic heterocycles. The van der Waals surface area contributed by atoms with Gasteiger partial charge in [0.15, 0.2) is 5.96 Å². The van der Waals surface area contributed by atoms with Gasteiger partial charge in [-0.1, -0.05) is 18.6 Å². The van der Waals surface area contributed by atoms with E-state index in [1.165, 1.54) is 12.1 Å². The van der Waals surface area contributed by atoms with Gasteiger partial charge in [-0.3, -0.25) is 15.1 Å². The van der Waals surface area contributed by atoms with E-state index in [-0.39, 0.29) is 24.6 Å². The first kappa shape index (κ1) is 22.0. The van der Waals surface area contributed by atoms with Crippen molar-refractivity contribution in [2.24, 2.45) is 10.9 Å². The second kappa shape index (κ2) is 10.3. The third-order valence-electron chi connectivity index (χ3n) is 5.03. The Morgan fingerprint density at radius 2 is 1.96 bits per heavy atom. The van der Waals surface area contributed by atoms with Crippen LogP contribution >= 0.6 is 0 Å². The maximum atomic E-state index is 12.9. The number of nitro groups is 1. The van der Waals surface area contributed by atoms with Crippen molar-refractivity contribution in [2.75, 3.05) is 13.6 Å². The fraction of sp³-hybridized carbons (Fsp3) is 0.632. The van der Waals surface area contributed by atoms with E-state index in [0.717, 1.165) is 24.8 Å². The van der Waals surface area contributed by atoms with Gasteiger partial charge in [-0.15, -0.1) is 0 Å². The molecule has 0 bridgehead atoms. The largest absolute Gasteiger partial charge is 0.391 e. The van der Waals surface area contributed by atoms with Crippen LogP contribution in [0.15, 0.2) is 29.3 Å². The Bertz CT molecular complexity index is 662. The monoisotopic (exact) mass is 400 g/mol. The Morgan fingerprint density at radius 1 is 1.25 bits per heavy atom. The number of alkyl halides is 3. The fourth-order valence-electron chi connectivity index (χ4n) is 3.45. The van der Waals surface area contributed by atoms with Crippen LogP contribution in [0, 0.1) is 16.0 Å². The van der Waals surface area contributed by atoms with Crippen LogP contribution < -0.4 is 10.6 Å². The van der Waals surface area contributed by atoms with E-state index in [9.17, 15) is 23.3 Å². The van der Waals surface area contributed by atoms with Crippen LogP contribution in [0.5, 0.6) is 0 Å². The lowest BCUT2D eigenvalue weighted by Crippen LogP contribution is -2.47. The smallest absolute Gasteiger partial charge is 0.356 e. The van der Waals surface area contributed by atoms with E-state index >= 15 is 0 Å². The highest BCUT2D eigenvalue weighted by Gasteiger charge is 2.42. The van der Waals surface area contributed by atoms with Gasteiger partial charge < -0.3 is 10.6 Å². The average Bonchev–Trinajstić information content (AvgIpc) is 2.66. The molecule has 1 aliphatic rings. The fourth-order valence-corrected chi connectivity index (χ4v) is 3.45. The highest BCUT2D eigenvalue weighted by molar-refractivity contribution is 5.79. The van der Waals surface area contributed by atoms with Crippen LogP contribution in [0.25, 0.3) is 0 Å². The Balaban J connectivity index is 1.67. The highest BCUT2D eigenvalue weighted by Crippen LogP contribution is 2.37. The molecule has 0 amide bonds. The van der Waals surface area contributed by atoms with Crippen molar-refractivity contribution in [3.8, 4) is 0 Å². The first-order valence-electron chi connectivity index (χ1n) is 9.57. The zero-order valence-corrected chi connectivity index (χ0v) is 16.0. The molecule has 0 aliphatic heterocycles. The standard InChI is InChI=1S/C19H27F3N4O2/c1-23-18(25-16-7-4-6-15(13-16)19(20,21)22)24-12-3-2-5-14-8-10-17(11-9-14)26(27)28/h8-11,15-16H,2-7,12-13H2,1H3,(H2,23,24,25). The topological polar surface area (TPSA) is 79.6 Å². The lowest BCUT2D eigenvalue weighted by molar-refractivity contribution is -0.384. The Labute approximate surface area is 162 Å². The highest BCUT2D eigenvalue weighted by atomic mass is 19.4. The van der Waals surface area contributed by atoms with Crippen molar-refractivity contribution in [3.05, 3.63) is 39.9 Å². The number of hydrogen-bond acceptors (Lipinski definition) is 3. The zero-order chi connectivity index (χ0) is 20.6. The number of nitrogens with zero attached hydrogens (tertiary/aromatic N) is 2. The normalized spacial score (nSPS) is 20.6. The van der Waals surface area contributed by atoms with E-state index in [2.05, 4.69) is 15.6 Å². The van der Waals surface area contributed by atoms with Crippen LogP contribution in [0.4, 0.5) is 18.9 Å². The minimum absolute atomic E-state index is 0.0794. The van der Waals surface area contributed by atoms with Crippen molar-refractivity contribution in [2.45, 2.75) is 57.2 Å². The van der Waals surface area contributed by atoms with E-state index in [4.69, 9.17) is 0 Å². The van der Waals surface area contributed by atoms with Crippen molar-refractivity contribution < 1.29 is 18.1 Å². The third-order valence-corrected chi connectivity index (χ3v) is 5.03. The SMILES string of the molecule is CN=C(NCCCCc1ccc([N+](=O)[O-])cc1)NC1CCCC(C(F)(F)F)C1. The lowest BCUT2D eigenvalue weighted by atomic mass is 9.85. The van der Waals surface area contributed by atoms with Gasteiger partial charge in [0.1, 0.15) is 0 Å². The number of non-ortho nitro benzene ring substituents is 1. The number of aryl methyl sites for hydroxylation is 1. The van der Waals surface area contributed by atoms with Gasteiger partial charge in [0.2, 0.25) is 0 Å². The molecule has 156 valence electrons. The molecule has 1 saturated carbocycles. The molecule has 1 aromatic carbocycles. The number of benzene rings is 1. The maximum Gasteiger partial charge on any atom is 0.391 e. The summed E-state index contributed by atoms with van der Waals surface area (Å²) in [6, 6.07) is 6.29. The van der Waals surface area contributed by atoms with Crippen molar-refractivity contribution in [3.63, 3.8) is 0 Å². The summed E-state index contributed by atoms with van der Waals surface area (Å²) < 4.78 is 38.7. The van der Waals surface area contributed by atoms with E-state index in [1.807, 2.05) is 0 Å². The number of hydrogen-bond donors (Lipinski definition) is 2. The summed E-state index contributed by atoms with van der Waals surface area (Å²) in [4.78, 5) is 14.3. The van der Waals surface area contributed by atoms with E-state index < -0.39 is 17.0 Å². The van der Waals surface area contributed by atoms with Gasteiger partial charge >= 0.3 is 6.18 Å². The van der Waals surface area contributed by atoms with Crippen LogP contribution in [0.1, 0.15) is 44.1 Å². The van der Waals surface area contributed by atoms with Crippen LogP contribution in [-0.2, 0) is 6.42 Å². The molecular formula is C19H27F3N4O2. The quantitative estimate of drug-likeness (QED) is 0.236. The Morgan fingerprint density at radius 3 is 2.57 bits per heavy atom. The molecule has 28 heavy (non-hydrogen) atoms. The van der Waals surface area contributed by atoms with Gasteiger partial charge in [-0.05, 0) is 44.1 Å². The van der Waals surface area contributed by atoms with Crippen molar-refractivity contribution in [1.82, 2.24) is 10.6 Å². The minimum atomic E-state index is -4.13. The molecule has 9 heteroatoms.